The van der Waals surface area contributed by atoms with E-state index in [0.29, 0.717) is 36.5 Å². The third-order valence-electron chi connectivity index (χ3n) is 3.50. The first-order valence-corrected chi connectivity index (χ1v) is 10.6. The molecule has 0 spiro atoms. The van der Waals surface area contributed by atoms with E-state index < -0.39 is 0 Å². The van der Waals surface area contributed by atoms with Crippen molar-refractivity contribution >= 4 is 68.9 Å². The Balaban J connectivity index is 1.59. The highest BCUT2D eigenvalue weighted by molar-refractivity contribution is 8.00. The number of halogens is 2. The minimum Gasteiger partial charge on any atom is -0.326 e. The second kappa shape index (κ2) is 9.38. The van der Waals surface area contributed by atoms with Crippen molar-refractivity contribution in [3.05, 3.63) is 63.6 Å². The van der Waals surface area contributed by atoms with Gasteiger partial charge in [0.2, 0.25) is 11.0 Å². The number of hydrogen-bond acceptors (Lipinski definition) is 6. The Kier molecular flexibility index (Phi) is 6.90. The molecular formula is C18H14Cl2N4O2S2. The molecule has 10 heteroatoms. The van der Waals surface area contributed by atoms with Gasteiger partial charge in [-0.3, -0.25) is 14.9 Å². The van der Waals surface area contributed by atoms with Crippen LogP contribution in [0.4, 0.5) is 10.8 Å². The standard InChI is InChI=1S/C18H14Cl2N4O2S2/c1-10(25)21-12-7-5-11(6-8-12)16(26)22-17-23-24-18(28-17)27-9-13-14(19)3-2-4-15(13)20/h2-8H,9H2,1H3,(H,21,25)(H,22,23,26). The summed E-state index contributed by atoms with van der Waals surface area (Å²) in [7, 11) is 0. The van der Waals surface area contributed by atoms with Crippen LogP contribution >= 0.6 is 46.3 Å². The smallest absolute Gasteiger partial charge is 0.257 e. The molecule has 0 saturated carbocycles. The summed E-state index contributed by atoms with van der Waals surface area (Å²) in [5.74, 6) is 0.0662. The molecule has 0 radical (unpaired) electrons. The number of carbonyl (C=O) groups excluding carboxylic acids is 2. The van der Waals surface area contributed by atoms with Crippen LogP contribution in [-0.4, -0.2) is 22.0 Å². The average molecular weight is 453 g/mol. The maximum Gasteiger partial charge on any atom is 0.257 e. The Labute approximate surface area is 179 Å². The number of rotatable bonds is 6. The molecule has 0 unspecified atom stereocenters. The summed E-state index contributed by atoms with van der Waals surface area (Å²) in [6, 6.07) is 11.9. The summed E-state index contributed by atoms with van der Waals surface area (Å²) in [6.45, 7) is 1.42. The molecule has 0 bridgehead atoms. The van der Waals surface area contributed by atoms with E-state index in [0.717, 1.165) is 5.56 Å². The molecule has 1 heterocycles. The Morgan fingerprint density at radius 1 is 1.04 bits per heavy atom. The van der Waals surface area contributed by atoms with E-state index in [1.165, 1.54) is 30.0 Å². The highest BCUT2D eigenvalue weighted by Gasteiger charge is 2.12. The number of hydrogen-bond donors (Lipinski definition) is 2. The second-order valence-electron chi connectivity index (χ2n) is 5.57. The van der Waals surface area contributed by atoms with Gasteiger partial charge in [0, 0.05) is 34.0 Å². The molecule has 3 rings (SSSR count). The van der Waals surface area contributed by atoms with Gasteiger partial charge in [0.05, 0.1) is 0 Å². The van der Waals surface area contributed by atoms with Gasteiger partial charge in [-0.25, -0.2) is 0 Å². The van der Waals surface area contributed by atoms with Crippen molar-refractivity contribution in [2.24, 2.45) is 0 Å². The van der Waals surface area contributed by atoms with Gasteiger partial charge in [0.15, 0.2) is 4.34 Å². The third kappa shape index (κ3) is 5.45. The monoisotopic (exact) mass is 452 g/mol. The zero-order valence-electron chi connectivity index (χ0n) is 14.5. The molecule has 0 saturated heterocycles. The van der Waals surface area contributed by atoms with Crippen molar-refractivity contribution in [1.82, 2.24) is 10.2 Å². The molecule has 1 aromatic heterocycles. The van der Waals surface area contributed by atoms with Crippen LogP contribution in [-0.2, 0) is 10.5 Å². The fraction of sp³-hybridized carbons (Fsp3) is 0.111. The highest BCUT2D eigenvalue weighted by atomic mass is 35.5. The molecule has 3 aromatic rings. The maximum atomic E-state index is 12.3. The van der Waals surface area contributed by atoms with Crippen molar-refractivity contribution in [2.75, 3.05) is 10.6 Å². The number of nitrogens with zero attached hydrogens (tertiary/aromatic N) is 2. The number of thioether (sulfide) groups is 1. The molecule has 2 N–H and O–H groups in total. The number of anilines is 2. The van der Waals surface area contributed by atoms with Gasteiger partial charge in [0.1, 0.15) is 0 Å². The molecule has 0 aliphatic carbocycles. The fourth-order valence-electron chi connectivity index (χ4n) is 2.20. The quantitative estimate of drug-likeness (QED) is 0.389. The summed E-state index contributed by atoms with van der Waals surface area (Å²) in [6.07, 6.45) is 0. The molecule has 6 nitrogen and oxygen atoms in total. The first-order chi connectivity index (χ1) is 13.4. The molecule has 0 atom stereocenters. The second-order valence-corrected chi connectivity index (χ2v) is 8.59. The molecule has 0 aliphatic rings. The Morgan fingerprint density at radius 2 is 1.71 bits per heavy atom. The van der Waals surface area contributed by atoms with Gasteiger partial charge in [-0.2, -0.15) is 0 Å². The lowest BCUT2D eigenvalue weighted by atomic mass is 10.2. The Morgan fingerprint density at radius 3 is 2.36 bits per heavy atom. The van der Waals surface area contributed by atoms with Gasteiger partial charge < -0.3 is 5.32 Å². The first-order valence-electron chi connectivity index (χ1n) is 8.00. The van der Waals surface area contributed by atoms with Crippen molar-refractivity contribution in [3.8, 4) is 0 Å². The molecule has 144 valence electrons. The van der Waals surface area contributed by atoms with Crippen molar-refractivity contribution in [3.63, 3.8) is 0 Å². The molecule has 28 heavy (non-hydrogen) atoms. The summed E-state index contributed by atoms with van der Waals surface area (Å²) in [5.41, 5.74) is 1.90. The molecule has 0 aliphatic heterocycles. The van der Waals surface area contributed by atoms with Crippen LogP contribution in [0.5, 0.6) is 0 Å². The van der Waals surface area contributed by atoms with Gasteiger partial charge >= 0.3 is 0 Å². The largest absolute Gasteiger partial charge is 0.326 e. The predicted molar refractivity (Wildman–Crippen MR) is 115 cm³/mol. The summed E-state index contributed by atoms with van der Waals surface area (Å²) >= 11 is 15.0. The van der Waals surface area contributed by atoms with Crippen LogP contribution in [0.3, 0.4) is 0 Å². The van der Waals surface area contributed by atoms with Crippen molar-refractivity contribution in [2.45, 2.75) is 17.0 Å². The lowest BCUT2D eigenvalue weighted by molar-refractivity contribution is -0.114. The molecule has 2 amide bonds. The van der Waals surface area contributed by atoms with Crippen molar-refractivity contribution < 1.29 is 9.59 Å². The maximum absolute atomic E-state index is 12.3. The molecule has 0 fully saturated rings. The number of nitrogens with one attached hydrogen (secondary N) is 2. The van der Waals surface area contributed by atoms with Crippen LogP contribution in [0.25, 0.3) is 0 Å². The van der Waals surface area contributed by atoms with Gasteiger partial charge in [-0.05, 0) is 42.0 Å². The SMILES string of the molecule is CC(=O)Nc1ccc(C(=O)Nc2nnc(SCc3c(Cl)cccc3Cl)s2)cc1. The lowest BCUT2D eigenvalue weighted by Gasteiger charge is -2.04. The average Bonchev–Trinajstić information content (AvgIpc) is 3.08. The first kappa shape index (κ1) is 20.6. The van der Waals surface area contributed by atoms with Crippen LogP contribution in [0.15, 0.2) is 46.8 Å². The van der Waals surface area contributed by atoms with E-state index in [1.807, 2.05) is 0 Å². The molecular weight excluding hydrogens is 439 g/mol. The number of benzene rings is 2. The van der Waals surface area contributed by atoms with Crippen LogP contribution in [0.1, 0.15) is 22.8 Å². The van der Waals surface area contributed by atoms with E-state index in [-0.39, 0.29) is 11.8 Å². The number of amides is 2. The molecule has 2 aromatic carbocycles. The topological polar surface area (TPSA) is 84.0 Å². The number of aromatic nitrogens is 2. The number of carbonyl (C=O) groups is 2. The van der Waals surface area contributed by atoms with E-state index >= 15 is 0 Å². The van der Waals surface area contributed by atoms with Gasteiger partial charge in [-0.15, -0.1) is 10.2 Å². The normalized spacial score (nSPS) is 10.5. The van der Waals surface area contributed by atoms with Crippen LogP contribution in [0, 0.1) is 0 Å². The Hall–Kier alpha value is -2.13. The van der Waals surface area contributed by atoms with E-state index in [4.69, 9.17) is 23.2 Å². The summed E-state index contributed by atoms with van der Waals surface area (Å²) in [4.78, 5) is 23.4. The lowest BCUT2D eigenvalue weighted by Crippen LogP contribution is -2.12. The van der Waals surface area contributed by atoms with Gasteiger partial charge in [0.25, 0.3) is 5.91 Å². The minimum absolute atomic E-state index is 0.172. The van der Waals surface area contributed by atoms with Crippen LogP contribution < -0.4 is 10.6 Å². The van der Waals surface area contributed by atoms with Gasteiger partial charge in [-0.1, -0.05) is 52.4 Å². The van der Waals surface area contributed by atoms with E-state index in [2.05, 4.69) is 20.8 Å². The summed E-state index contributed by atoms with van der Waals surface area (Å²) in [5, 5.41) is 15.0. The minimum atomic E-state index is -0.309. The van der Waals surface area contributed by atoms with E-state index in [9.17, 15) is 9.59 Å². The van der Waals surface area contributed by atoms with Crippen LogP contribution in [0.2, 0.25) is 10.0 Å². The fourth-order valence-corrected chi connectivity index (χ4v) is 4.69. The van der Waals surface area contributed by atoms with Crippen molar-refractivity contribution in [1.29, 1.82) is 0 Å². The predicted octanol–water partition coefficient (Wildman–Crippen LogP) is 5.35. The van der Waals surface area contributed by atoms with E-state index in [1.54, 1.807) is 42.5 Å². The zero-order valence-corrected chi connectivity index (χ0v) is 17.7. The Bertz CT molecular complexity index is 989. The zero-order chi connectivity index (χ0) is 20.1. The third-order valence-corrected chi connectivity index (χ3v) is 6.20. The highest BCUT2D eigenvalue weighted by Crippen LogP contribution is 2.33. The summed E-state index contributed by atoms with van der Waals surface area (Å²) < 4.78 is 0.687.